The minimum absolute atomic E-state index is 0.0404. The largest absolute Gasteiger partial charge is 0.435 e. The molecule has 1 heterocycles. The lowest BCUT2D eigenvalue weighted by Crippen LogP contribution is -2.40. The van der Waals surface area contributed by atoms with Gasteiger partial charge in [-0.25, -0.2) is 0 Å². The van der Waals surface area contributed by atoms with Crippen LogP contribution in [0.25, 0.3) is 0 Å². The van der Waals surface area contributed by atoms with Crippen LogP contribution in [0, 0.1) is 0 Å². The molecule has 1 aliphatic heterocycles. The van der Waals surface area contributed by atoms with Gasteiger partial charge in [0.15, 0.2) is 0 Å². The molecule has 1 aliphatic rings. The van der Waals surface area contributed by atoms with Crippen LogP contribution in [-0.4, -0.2) is 42.3 Å². The summed E-state index contributed by atoms with van der Waals surface area (Å²) in [5, 5.41) is 2.89. The summed E-state index contributed by atoms with van der Waals surface area (Å²) in [4.78, 5) is 37.7. The van der Waals surface area contributed by atoms with Crippen LogP contribution in [0.1, 0.15) is 26.3 Å². The fourth-order valence-corrected chi connectivity index (χ4v) is 3.14. The molecule has 0 saturated heterocycles. The number of imide groups is 1. The Hall–Kier alpha value is -2.71. The van der Waals surface area contributed by atoms with Crippen LogP contribution in [0.2, 0.25) is 10.0 Å². The molecule has 6 nitrogen and oxygen atoms in total. The summed E-state index contributed by atoms with van der Waals surface area (Å²) in [5.41, 5.74) is 0.989. The van der Waals surface area contributed by atoms with E-state index in [0.717, 1.165) is 10.5 Å². The summed E-state index contributed by atoms with van der Waals surface area (Å²) < 4.78 is 28.5. The van der Waals surface area contributed by atoms with E-state index in [1.807, 2.05) is 0 Å². The number of carbonyl (C=O) groups excluding carboxylic acids is 3. The average molecular weight is 443 g/mol. The van der Waals surface area contributed by atoms with Crippen LogP contribution in [0.5, 0.6) is 5.75 Å². The van der Waals surface area contributed by atoms with Gasteiger partial charge in [0.25, 0.3) is 11.8 Å². The van der Waals surface area contributed by atoms with Crippen LogP contribution < -0.4 is 10.1 Å². The van der Waals surface area contributed by atoms with E-state index < -0.39 is 30.9 Å². The highest BCUT2D eigenvalue weighted by molar-refractivity contribution is 6.43. The Bertz CT molecular complexity index is 926. The van der Waals surface area contributed by atoms with E-state index in [9.17, 15) is 23.2 Å². The Morgan fingerprint density at radius 3 is 2.10 bits per heavy atom. The second-order valence-corrected chi connectivity index (χ2v) is 6.95. The second-order valence-electron chi connectivity index (χ2n) is 6.13. The zero-order chi connectivity index (χ0) is 21.1. The number of nitrogens with zero attached hydrogens (tertiary/aromatic N) is 1. The van der Waals surface area contributed by atoms with Crippen molar-refractivity contribution in [2.75, 3.05) is 13.1 Å². The van der Waals surface area contributed by atoms with Crippen molar-refractivity contribution in [2.24, 2.45) is 0 Å². The summed E-state index contributed by atoms with van der Waals surface area (Å²) in [6.45, 7) is -3.10. The van der Waals surface area contributed by atoms with Gasteiger partial charge in [0.1, 0.15) is 12.3 Å². The van der Waals surface area contributed by atoms with Crippen molar-refractivity contribution in [3.8, 4) is 5.75 Å². The van der Waals surface area contributed by atoms with E-state index in [4.69, 9.17) is 23.2 Å². The molecule has 0 aliphatic carbocycles. The van der Waals surface area contributed by atoms with Crippen LogP contribution in [0.4, 0.5) is 8.78 Å². The normalized spacial score (nSPS) is 13.1. The van der Waals surface area contributed by atoms with Crippen molar-refractivity contribution in [3.63, 3.8) is 0 Å². The third-order valence-electron chi connectivity index (χ3n) is 4.20. The molecule has 3 rings (SSSR count). The highest BCUT2D eigenvalue weighted by atomic mass is 35.5. The maximum Gasteiger partial charge on any atom is 0.387 e. The van der Waals surface area contributed by atoms with Crippen molar-refractivity contribution in [1.82, 2.24) is 10.2 Å². The summed E-state index contributed by atoms with van der Waals surface area (Å²) in [6, 6.07) is 8.61. The van der Waals surface area contributed by atoms with E-state index in [-0.39, 0.29) is 33.5 Å². The van der Waals surface area contributed by atoms with Crippen LogP contribution in [-0.2, 0) is 11.2 Å². The summed E-state index contributed by atoms with van der Waals surface area (Å²) in [6.07, 6.45) is 0.425. The number of hydrogen-bond acceptors (Lipinski definition) is 4. The highest BCUT2D eigenvalue weighted by Crippen LogP contribution is 2.31. The lowest BCUT2D eigenvalue weighted by atomic mass is 10.1. The Balaban J connectivity index is 1.52. The summed E-state index contributed by atoms with van der Waals surface area (Å²) in [5.74, 6) is -1.71. The Morgan fingerprint density at radius 2 is 1.59 bits per heavy atom. The number of amides is 3. The number of alkyl halides is 2. The first-order valence-corrected chi connectivity index (χ1v) is 9.17. The van der Waals surface area contributed by atoms with Crippen molar-refractivity contribution in [3.05, 3.63) is 63.1 Å². The quantitative estimate of drug-likeness (QED) is 0.665. The molecule has 3 amide bonds. The summed E-state index contributed by atoms with van der Waals surface area (Å²) >= 11 is 11.8. The monoisotopic (exact) mass is 442 g/mol. The van der Waals surface area contributed by atoms with Crippen LogP contribution in [0.15, 0.2) is 36.4 Å². The molecule has 29 heavy (non-hydrogen) atoms. The van der Waals surface area contributed by atoms with E-state index in [0.29, 0.717) is 6.42 Å². The first kappa shape index (κ1) is 21.0. The first-order valence-electron chi connectivity index (χ1n) is 8.42. The Labute approximate surface area is 174 Å². The topological polar surface area (TPSA) is 75.7 Å². The van der Waals surface area contributed by atoms with Crippen molar-refractivity contribution >= 4 is 40.9 Å². The van der Waals surface area contributed by atoms with Crippen LogP contribution in [0.3, 0.4) is 0 Å². The van der Waals surface area contributed by atoms with E-state index in [2.05, 4.69) is 10.1 Å². The minimum atomic E-state index is -2.89. The number of halogens is 4. The predicted molar refractivity (Wildman–Crippen MR) is 102 cm³/mol. The van der Waals surface area contributed by atoms with Gasteiger partial charge in [-0.2, -0.15) is 8.78 Å². The molecule has 0 saturated carbocycles. The smallest absolute Gasteiger partial charge is 0.387 e. The van der Waals surface area contributed by atoms with Crippen LogP contribution >= 0.6 is 23.2 Å². The SMILES string of the molecule is O=C(CN1C(=O)c2cc(Cl)c(Cl)cc2C1=O)NCCc1ccc(OC(F)F)cc1. The molecule has 2 aromatic carbocycles. The fourth-order valence-electron chi connectivity index (χ4n) is 2.81. The maximum atomic E-state index is 12.4. The molecule has 0 fully saturated rings. The molecule has 2 aromatic rings. The number of carbonyl (C=O) groups is 3. The van der Waals surface area contributed by atoms with Gasteiger partial charge in [0.05, 0.1) is 21.2 Å². The number of benzene rings is 2. The maximum absolute atomic E-state index is 12.4. The number of hydrogen-bond donors (Lipinski definition) is 1. The molecule has 0 aromatic heterocycles. The standard InChI is InChI=1S/C19H14Cl2F2N2O4/c20-14-7-12-13(8-15(14)21)18(28)25(17(12)27)9-16(26)24-6-5-10-1-3-11(4-2-10)29-19(22)23/h1-4,7-8,19H,5-6,9H2,(H,24,26). The molecule has 0 atom stereocenters. The van der Waals surface area contributed by atoms with Crippen molar-refractivity contribution < 1.29 is 27.9 Å². The Kier molecular flexibility index (Phi) is 6.34. The molecular formula is C19H14Cl2F2N2O4. The number of rotatable bonds is 7. The molecule has 0 radical (unpaired) electrons. The molecular weight excluding hydrogens is 429 g/mol. The van der Waals surface area contributed by atoms with Gasteiger partial charge in [-0.3, -0.25) is 19.3 Å². The first-order chi connectivity index (χ1) is 13.8. The lowest BCUT2D eigenvalue weighted by molar-refractivity contribution is -0.121. The molecule has 1 N–H and O–H groups in total. The Morgan fingerprint density at radius 1 is 1.03 bits per heavy atom. The van der Waals surface area contributed by atoms with Gasteiger partial charge in [-0.05, 0) is 36.2 Å². The van der Waals surface area contributed by atoms with Gasteiger partial charge in [0, 0.05) is 6.54 Å². The van der Waals surface area contributed by atoms with Gasteiger partial charge >= 0.3 is 6.61 Å². The summed E-state index contributed by atoms with van der Waals surface area (Å²) in [7, 11) is 0. The van der Waals surface area contributed by atoms with Gasteiger partial charge in [-0.1, -0.05) is 35.3 Å². The highest BCUT2D eigenvalue weighted by Gasteiger charge is 2.37. The number of fused-ring (bicyclic) bond motifs is 1. The van der Waals surface area contributed by atoms with Gasteiger partial charge in [0.2, 0.25) is 5.91 Å². The second kappa shape index (κ2) is 8.75. The molecule has 0 bridgehead atoms. The molecule has 0 unspecified atom stereocenters. The lowest BCUT2D eigenvalue weighted by Gasteiger charge is -2.13. The minimum Gasteiger partial charge on any atom is -0.435 e. The van der Waals surface area contributed by atoms with E-state index in [1.54, 1.807) is 12.1 Å². The zero-order valence-corrected chi connectivity index (χ0v) is 16.3. The molecule has 0 spiro atoms. The van der Waals surface area contributed by atoms with Crippen molar-refractivity contribution in [1.29, 1.82) is 0 Å². The number of nitrogens with one attached hydrogen (secondary N) is 1. The van der Waals surface area contributed by atoms with Gasteiger partial charge in [-0.15, -0.1) is 0 Å². The van der Waals surface area contributed by atoms with E-state index in [1.165, 1.54) is 24.3 Å². The van der Waals surface area contributed by atoms with Gasteiger partial charge < -0.3 is 10.1 Å². The number of ether oxygens (including phenoxy) is 1. The molecule has 152 valence electrons. The third kappa shape index (κ3) is 4.83. The predicted octanol–water partition coefficient (Wildman–Crippen LogP) is 3.55. The average Bonchev–Trinajstić information content (AvgIpc) is 2.88. The fraction of sp³-hybridized carbons (Fsp3) is 0.211. The zero-order valence-electron chi connectivity index (χ0n) is 14.8. The molecule has 10 heteroatoms. The van der Waals surface area contributed by atoms with E-state index >= 15 is 0 Å². The van der Waals surface area contributed by atoms with Crippen molar-refractivity contribution in [2.45, 2.75) is 13.0 Å². The third-order valence-corrected chi connectivity index (χ3v) is 4.92.